The van der Waals surface area contributed by atoms with Crippen LogP contribution in [0.25, 0.3) is 0 Å². The maximum absolute atomic E-state index is 5.91. The summed E-state index contributed by atoms with van der Waals surface area (Å²) in [5.74, 6) is 0.903. The Bertz CT molecular complexity index is 641. The molecule has 7 heteroatoms. The standard InChI is InChI=1S/C13H9I3N2OS/c14-8-4-9(15)12(10(16)5-8)19-6-7-1-2-18-11(3-7)13(17)20/h1-5H,6H2,(H2,17,20). The Balaban J connectivity index is 2.17. The van der Waals surface area contributed by atoms with Gasteiger partial charge in [-0.05, 0) is 97.6 Å². The highest BCUT2D eigenvalue weighted by atomic mass is 127. The van der Waals surface area contributed by atoms with E-state index in [1.165, 1.54) is 3.57 Å². The number of hydrogen-bond donors (Lipinski definition) is 1. The molecule has 0 amide bonds. The second-order valence-corrected chi connectivity index (χ2v) is 7.91. The molecule has 0 atom stereocenters. The van der Waals surface area contributed by atoms with Crippen LogP contribution in [-0.4, -0.2) is 9.97 Å². The van der Waals surface area contributed by atoms with Gasteiger partial charge < -0.3 is 10.5 Å². The lowest BCUT2D eigenvalue weighted by molar-refractivity contribution is 0.301. The summed E-state index contributed by atoms with van der Waals surface area (Å²) in [7, 11) is 0. The molecule has 2 aromatic rings. The molecule has 0 radical (unpaired) electrons. The normalized spacial score (nSPS) is 10.3. The Hall–Kier alpha value is 0.250. The third-order valence-corrected chi connectivity index (χ3v) is 4.86. The van der Waals surface area contributed by atoms with Crippen LogP contribution in [0.1, 0.15) is 11.3 Å². The number of nitrogens with zero attached hydrogens (tertiary/aromatic N) is 1. The molecule has 0 unspecified atom stereocenters. The monoisotopic (exact) mass is 622 g/mol. The van der Waals surface area contributed by atoms with E-state index in [0.29, 0.717) is 17.3 Å². The largest absolute Gasteiger partial charge is 0.487 e. The first-order chi connectivity index (χ1) is 9.47. The molecule has 0 bridgehead atoms. The predicted octanol–water partition coefficient (Wildman–Crippen LogP) is 4.11. The predicted molar refractivity (Wildman–Crippen MR) is 109 cm³/mol. The summed E-state index contributed by atoms with van der Waals surface area (Å²) in [6, 6.07) is 7.93. The molecule has 0 saturated carbocycles. The molecule has 1 aromatic heterocycles. The molecule has 0 aliphatic carbocycles. The number of thiocarbonyl (C=S) groups is 1. The third-order valence-electron chi connectivity index (χ3n) is 2.42. The van der Waals surface area contributed by atoms with Gasteiger partial charge >= 0.3 is 0 Å². The maximum atomic E-state index is 5.91. The average molecular weight is 622 g/mol. The van der Waals surface area contributed by atoms with Crippen LogP contribution in [0.3, 0.4) is 0 Å². The number of aromatic nitrogens is 1. The van der Waals surface area contributed by atoms with E-state index in [4.69, 9.17) is 22.7 Å². The Morgan fingerprint density at radius 2 is 1.85 bits per heavy atom. The summed E-state index contributed by atoms with van der Waals surface area (Å²) >= 11 is 11.8. The molecule has 2 N–H and O–H groups in total. The Morgan fingerprint density at radius 3 is 2.45 bits per heavy atom. The van der Waals surface area contributed by atoms with E-state index >= 15 is 0 Å². The van der Waals surface area contributed by atoms with Crippen molar-refractivity contribution in [1.29, 1.82) is 0 Å². The maximum Gasteiger partial charge on any atom is 0.146 e. The van der Waals surface area contributed by atoms with Crippen molar-refractivity contribution >= 4 is 85.0 Å². The molecule has 1 aromatic carbocycles. The smallest absolute Gasteiger partial charge is 0.146 e. The van der Waals surface area contributed by atoms with Crippen LogP contribution in [-0.2, 0) is 6.61 Å². The van der Waals surface area contributed by atoms with Crippen LogP contribution in [0, 0.1) is 10.7 Å². The molecule has 20 heavy (non-hydrogen) atoms. The van der Waals surface area contributed by atoms with Crippen LogP contribution in [0.4, 0.5) is 0 Å². The highest BCUT2D eigenvalue weighted by Crippen LogP contribution is 2.30. The first-order valence-electron chi connectivity index (χ1n) is 5.49. The SMILES string of the molecule is NC(=S)c1cc(COc2c(I)cc(I)cc2I)ccn1. The molecule has 2 rings (SSSR count). The number of benzene rings is 1. The second-order valence-electron chi connectivity index (χ2n) is 3.90. The first kappa shape index (κ1) is 16.6. The summed E-state index contributed by atoms with van der Waals surface area (Å²) in [5, 5.41) is 0. The fraction of sp³-hybridized carbons (Fsp3) is 0.0769. The number of halogens is 3. The summed E-state index contributed by atoms with van der Waals surface area (Å²) < 4.78 is 9.31. The van der Waals surface area contributed by atoms with E-state index in [2.05, 4.69) is 84.9 Å². The van der Waals surface area contributed by atoms with Crippen LogP contribution < -0.4 is 10.5 Å². The van der Waals surface area contributed by atoms with Gasteiger partial charge in [-0.2, -0.15) is 0 Å². The van der Waals surface area contributed by atoms with Gasteiger partial charge in [0.1, 0.15) is 17.3 Å². The van der Waals surface area contributed by atoms with Gasteiger partial charge in [-0.25, -0.2) is 0 Å². The Labute approximate surface area is 163 Å². The van der Waals surface area contributed by atoms with Crippen molar-refractivity contribution in [1.82, 2.24) is 4.98 Å². The number of nitrogens with two attached hydrogens (primary N) is 1. The zero-order valence-electron chi connectivity index (χ0n) is 10.1. The molecule has 104 valence electrons. The lowest BCUT2D eigenvalue weighted by Gasteiger charge is -2.11. The lowest BCUT2D eigenvalue weighted by Crippen LogP contribution is -2.12. The van der Waals surface area contributed by atoms with E-state index in [9.17, 15) is 0 Å². The fourth-order valence-electron chi connectivity index (χ4n) is 1.52. The van der Waals surface area contributed by atoms with Crippen molar-refractivity contribution in [3.63, 3.8) is 0 Å². The summed E-state index contributed by atoms with van der Waals surface area (Å²) in [6.45, 7) is 0.463. The minimum atomic E-state index is 0.297. The van der Waals surface area contributed by atoms with Gasteiger partial charge in [0.05, 0.1) is 12.8 Å². The molecule has 0 fully saturated rings. The van der Waals surface area contributed by atoms with Crippen molar-refractivity contribution in [2.75, 3.05) is 0 Å². The van der Waals surface area contributed by atoms with Gasteiger partial charge in [-0.1, -0.05) is 12.2 Å². The minimum Gasteiger partial charge on any atom is -0.487 e. The van der Waals surface area contributed by atoms with Crippen molar-refractivity contribution in [2.45, 2.75) is 6.61 Å². The number of hydrogen-bond acceptors (Lipinski definition) is 3. The van der Waals surface area contributed by atoms with Gasteiger partial charge in [0.2, 0.25) is 0 Å². The topological polar surface area (TPSA) is 48.1 Å². The lowest BCUT2D eigenvalue weighted by atomic mass is 10.2. The highest BCUT2D eigenvalue weighted by Gasteiger charge is 2.09. The van der Waals surface area contributed by atoms with Gasteiger partial charge in [-0.3, -0.25) is 4.98 Å². The Kier molecular flexibility index (Phi) is 6.23. The quantitative estimate of drug-likeness (QED) is 0.413. The van der Waals surface area contributed by atoms with Crippen LogP contribution in [0.2, 0.25) is 0 Å². The number of rotatable bonds is 4. The summed E-state index contributed by atoms with van der Waals surface area (Å²) in [4.78, 5) is 4.41. The van der Waals surface area contributed by atoms with Crippen molar-refractivity contribution in [3.05, 3.63) is 52.4 Å². The molecular formula is C13H9I3N2OS. The van der Waals surface area contributed by atoms with Crippen LogP contribution in [0.15, 0.2) is 30.5 Å². The number of pyridine rings is 1. The van der Waals surface area contributed by atoms with Crippen LogP contribution >= 0.6 is 80.0 Å². The molecule has 0 aliphatic rings. The van der Waals surface area contributed by atoms with E-state index < -0.39 is 0 Å². The summed E-state index contributed by atoms with van der Waals surface area (Å²) in [6.07, 6.45) is 1.69. The van der Waals surface area contributed by atoms with Crippen molar-refractivity contribution in [2.24, 2.45) is 5.73 Å². The zero-order valence-corrected chi connectivity index (χ0v) is 17.4. The molecule has 0 aliphatic heterocycles. The fourth-order valence-corrected chi connectivity index (χ4v) is 5.53. The highest BCUT2D eigenvalue weighted by molar-refractivity contribution is 14.1. The van der Waals surface area contributed by atoms with E-state index in [0.717, 1.165) is 18.5 Å². The van der Waals surface area contributed by atoms with E-state index in [-0.39, 0.29) is 0 Å². The Morgan fingerprint density at radius 1 is 1.20 bits per heavy atom. The van der Waals surface area contributed by atoms with Crippen molar-refractivity contribution in [3.8, 4) is 5.75 Å². The van der Waals surface area contributed by atoms with Crippen molar-refractivity contribution < 1.29 is 4.74 Å². The van der Waals surface area contributed by atoms with Gasteiger partial charge in [0.25, 0.3) is 0 Å². The molecule has 0 saturated heterocycles. The van der Waals surface area contributed by atoms with E-state index in [1.807, 2.05) is 12.1 Å². The minimum absolute atomic E-state index is 0.297. The molecule has 3 nitrogen and oxygen atoms in total. The van der Waals surface area contributed by atoms with E-state index in [1.54, 1.807) is 6.20 Å². The molecule has 0 spiro atoms. The first-order valence-corrected chi connectivity index (χ1v) is 9.14. The molecular weight excluding hydrogens is 613 g/mol. The average Bonchev–Trinajstić information content (AvgIpc) is 2.37. The van der Waals surface area contributed by atoms with Crippen LogP contribution in [0.5, 0.6) is 5.75 Å². The van der Waals surface area contributed by atoms with Gasteiger partial charge in [0, 0.05) is 9.77 Å². The number of ether oxygens (including phenoxy) is 1. The molecule has 1 heterocycles. The van der Waals surface area contributed by atoms with Gasteiger partial charge in [0.15, 0.2) is 0 Å². The second kappa shape index (κ2) is 7.49. The third kappa shape index (κ3) is 4.37. The van der Waals surface area contributed by atoms with Gasteiger partial charge in [-0.15, -0.1) is 0 Å². The summed E-state index contributed by atoms with van der Waals surface area (Å²) in [5.41, 5.74) is 7.19. The zero-order chi connectivity index (χ0) is 14.7.